The molecule has 7 aliphatic rings. The Balaban J connectivity index is 0.674. The van der Waals surface area contributed by atoms with E-state index in [9.17, 15) is 29.1 Å². The van der Waals surface area contributed by atoms with E-state index >= 15 is 0 Å². The summed E-state index contributed by atoms with van der Waals surface area (Å²) >= 11 is 6.19. The highest BCUT2D eigenvalue weighted by atomic mass is 35.5. The number of piperazine rings is 1. The molecule has 2 N–H and O–H groups in total. The zero-order valence-electron chi connectivity index (χ0n) is 45.7. The summed E-state index contributed by atoms with van der Waals surface area (Å²) in [6, 6.07) is 18.5. The molecule has 424 valence electrons. The molecule has 1 saturated carbocycles. The van der Waals surface area contributed by atoms with Gasteiger partial charge in [-0.2, -0.15) is 5.26 Å². The summed E-state index contributed by atoms with van der Waals surface area (Å²) in [4.78, 5) is 84.1. The van der Waals surface area contributed by atoms with Crippen molar-refractivity contribution in [1.82, 2.24) is 44.7 Å². The van der Waals surface area contributed by atoms with Crippen LogP contribution in [0.5, 0.6) is 11.5 Å². The van der Waals surface area contributed by atoms with Crippen LogP contribution >= 0.6 is 11.6 Å². The summed E-state index contributed by atoms with van der Waals surface area (Å²) in [6.07, 6.45) is 9.52. The third-order valence-corrected chi connectivity index (χ3v) is 18.4. The third-order valence-electron chi connectivity index (χ3n) is 18.1. The number of halogens is 1. The second-order valence-corrected chi connectivity index (χ2v) is 23.3. The van der Waals surface area contributed by atoms with E-state index in [1.165, 1.54) is 19.3 Å². The first-order chi connectivity index (χ1) is 39.3. The Bertz CT molecular complexity index is 3350. The number of amides is 3. The summed E-state index contributed by atoms with van der Waals surface area (Å²) in [5.41, 5.74) is 2.21. The molecule has 6 aliphatic heterocycles. The molecule has 0 bridgehead atoms. The van der Waals surface area contributed by atoms with Crippen LogP contribution in [0.4, 0.5) is 10.6 Å². The van der Waals surface area contributed by atoms with Crippen LogP contribution in [0.3, 0.4) is 0 Å². The predicted molar refractivity (Wildman–Crippen MR) is 300 cm³/mol. The smallest absolute Gasteiger partial charge is 0.415 e. The fourth-order valence-corrected chi connectivity index (χ4v) is 13.4. The van der Waals surface area contributed by atoms with Crippen LogP contribution in [0.1, 0.15) is 122 Å². The van der Waals surface area contributed by atoms with Crippen molar-refractivity contribution in [1.29, 1.82) is 5.26 Å². The van der Waals surface area contributed by atoms with Crippen molar-refractivity contribution in [2.45, 2.75) is 127 Å². The second-order valence-electron chi connectivity index (χ2n) is 22.8. The van der Waals surface area contributed by atoms with E-state index in [-0.39, 0.29) is 77.9 Å². The average molecular weight is 1120 g/mol. The van der Waals surface area contributed by atoms with E-state index in [0.29, 0.717) is 123 Å². The van der Waals surface area contributed by atoms with Gasteiger partial charge in [-0.15, -0.1) is 10.2 Å². The fraction of sp³-hybridized carbons (Fsp3) is 0.517. The SMILES string of the molecule is CC[C@@]1(O)C(=O)OCc2c1cc1n(c2=O)Cc2cc3c(CN4CCN(C(=O)C5CCN(c6ccc(C(=O)NC7CCC(Oc8ccc(C#N)c(Cl)c8)CC7)nn6)CC5)CC4)c(OC(=O)N4CCC(N5CCCCC5)CC4)ccc3nc2-1. The number of pyridine rings is 2. The number of nitrogens with zero attached hydrogens (tertiary/aromatic N) is 10. The molecule has 5 aromatic rings. The Labute approximate surface area is 474 Å². The van der Waals surface area contributed by atoms with Crippen molar-refractivity contribution in [3.8, 4) is 29.0 Å². The molecule has 0 unspecified atom stereocenters. The van der Waals surface area contributed by atoms with Crippen molar-refractivity contribution < 1.29 is 38.5 Å². The van der Waals surface area contributed by atoms with Gasteiger partial charge < -0.3 is 48.8 Å². The lowest BCUT2D eigenvalue weighted by atomic mass is 9.86. The zero-order chi connectivity index (χ0) is 55.9. The van der Waals surface area contributed by atoms with E-state index in [0.717, 1.165) is 68.1 Å². The molecule has 2 aromatic carbocycles. The normalized spacial score (nSPS) is 22.8. The number of hydrogen-bond donors (Lipinski definition) is 2. The number of anilines is 1. The molecule has 4 saturated heterocycles. The Morgan fingerprint density at radius 3 is 2.32 bits per heavy atom. The van der Waals surface area contributed by atoms with E-state index in [4.69, 9.17) is 36.1 Å². The molecule has 1 aliphatic carbocycles. The summed E-state index contributed by atoms with van der Waals surface area (Å²) in [5, 5.41) is 33.6. The maximum absolute atomic E-state index is 14.1. The molecule has 9 heterocycles. The molecule has 5 fully saturated rings. The maximum atomic E-state index is 14.1. The van der Waals surface area contributed by atoms with Gasteiger partial charge in [-0.05, 0) is 132 Å². The Morgan fingerprint density at radius 1 is 0.852 bits per heavy atom. The minimum Gasteiger partial charge on any atom is -0.490 e. The molecular formula is C60H68ClN11O9. The van der Waals surface area contributed by atoms with Gasteiger partial charge in [0.1, 0.15) is 24.2 Å². The molecule has 0 radical (unpaired) electrons. The van der Waals surface area contributed by atoms with Gasteiger partial charge in [-0.1, -0.05) is 24.9 Å². The number of hydrogen-bond acceptors (Lipinski definition) is 16. The molecule has 21 heteroatoms. The van der Waals surface area contributed by atoms with Crippen molar-refractivity contribution >= 4 is 52.2 Å². The van der Waals surface area contributed by atoms with Gasteiger partial charge >= 0.3 is 12.1 Å². The molecule has 0 spiro atoms. The molecule has 12 rings (SSSR count). The van der Waals surface area contributed by atoms with Crippen LogP contribution in [-0.4, -0.2) is 152 Å². The zero-order valence-corrected chi connectivity index (χ0v) is 46.5. The van der Waals surface area contributed by atoms with Gasteiger partial charge in [-0.3, -0.25) is 19.3 Å². The first-order valence-electron chi connectivity index (χ1n) is 28.9. The third kappa shape index (κ3) is 10.9. The van der Waals surface area contributed by atoms with E-state index < -0.39 is 11.6 Å². The number of nitriles is 1. The Kier molecular flexibility index (Phi) is 15.4. The average Bonchev–Trinajstić information content (AvgIpc) is 4.15. The Hall–Kier alpha value is -7.18. The quantitative estimate of drug-likeness (QED) is 0.132. The van der Waals surface area contributed by atoms with Crippen LogP contribution in [0.15, 0.2) is 59.4 Å². The number of cyclic esters (lactones) is 1. The van der Waals surface area contributed by atoms with Crippen molar-refractivity contribution in [3.63, 3.8) is 0 Å². The van der Waals surface area contributed by atoms with Gasteiger partial charge in [0.2, 0.25) is 5.91 Å². The number of nitrogens with one attached hydrogen (secondary N) is 1. The minimum atomic E-state index is -1.94. The molecule has 3 aromatic heterocycles. The first kappa shape index (κ1) is 54.4. The number of carbonyl (C=O) groups excluding carboxylic acids is 4. The van der Waals surface area contributed by atoms with Crippen molar-refractivity contribution in [3.05, 3.63) is 103 Å². The monoisotopic (exact) mass is 1120 g/mol. The van der Waals surface area contributed by atoms with E-state index in [2.05, 4.69) is 36.3 Å². The summed E-state index contributed by atoms with van der Waals surface area (Å²) in [5.74, 6) is 0.685. The van der Waals surface area contributed by atoms with Crippen LogP contribution in [0.25, 0.3) is 22.3 Å². The lowest BCUT2D eigenvalue weighted by Crippen LogP contribution is -2.51. The largest absolute Gasteiger partial charge is 0.490 e. The number of fused-ring (bicyclic) bond motifs is 5. The lowest BCUT2D eigenvalue weighted by molar-refractivity contribution is -0.172. The number of ether oxygens (including phenoxy) is 3. The molecule has 3 amide bonds. The molecule has 81 heavy (non-hydrogen) atoms. The van der Waals surface area contributed by atoms with Gasteiger partial charge in [-0.25, -0.2) is 14.6 Å². The highest BCUT2D eigenvalue weighted by Gasteiger charge is 2.46. The van der Waals surface area contributed by atoms with Crippen LogP contribution in [-0.2, 0) is 39.6 Å². The number of aromatic nitrogens is 4. The number of esters is 1. The molecule has 20 nitrogen and oxygen atoms in total. The fourth-order valence-electron chi connectivity index (χ4n) is 13.2. The van der Waals surface area contributed by atoms with Crippen LogP contribution in [0, 0.1) is 17.2 Å². The van der Waals surface area contributed by atoms with Crippen molar-refractivity contribution in [2.75, 3.05) is 70.3 Å². The van der Waals surface area contributed by atoms with E-state index in [1.807, 2.05) is 34.1 Å². The number of benzene rings is 2. The standard InChI is InChI=1S/C60H68ClN11O9/c1-2-60(78)47-32-51-54-39(34-72(51)57(75)46(47)36-79-58(60)76)30-44-45(52(14-12-49(44)64-54)81-59(77)71-24-18-41(19-25-71)68-20-4-3-5-21-68)35-67-26-28-70(29-27-67)56(74)37-16-22-69(23-17-37)53-15-13-50(65-66-53)55(73)63-40-7-10-42(11-8-40)80-43-9-6-38(33-62)48(61)31-43/h6,9,12-15,30-32,37,40-42,78H,2-5,7-8,10-11,16-29,34-36H2,1H3,(H,63,73)/t40?,42?,60-/m0/s1. The van der Waals surface area contributed by atoms with Crippen molar-refractivity contribution in [2.24, 2.45) is 5.92 Å². The van der Waals surface area contributed by atoms with Gasteiger partial charge in [0.05, 0.1) is 45.7 Å². The first-order valence-corrected chi connectivity index (χ1v) is 29.3. The number of carbonyl (C=O) groups is 4. The van der Waals surface area contributed by atoms with Crippen LogP contribution in [0.2, 0.25) is 5.02 Å². The predicted octanol–water partition coefficient (Wildman–Crippen LogP) is 6.52. The highest BCUT2D eigenvalue weighted by Crippen LogP contribution is 2.41. The number of likely N-dealkylation sites (tertiary alicyclic amines) is 2. The lowest BCUT2D eigenvalue weighted by Gasteiger charge is -2.40. The minimum absolute atomic E-state index is 0.0136. The number of piperidine rings is 3. The summed E-state index contributed by atoms with van der Waals surface area (Å²) < 4.78 is 19.4. The summed E-state index contributed by atoms with van der Waals surface area (Å²) in [7, 11) is 0. The van der Waals surface area contributed by atoms with Gasteiger partial charge in [0.15, 0.2) is 17.1 Å². The Morgan fingerprint density at radius 2 is 1.62 bits per heavy atom. The molecular weight excluding hydrogens is 1050 g/mol. The number of rotatable bonds is 11. The molecule has 1 atom stereocenters. The van der Waals surface area contributed by atoms with Gasteiger partial charge in [0, 0.05) is 105 Å². The van der Waals surface area contributed by atoms with Gasteiger partial charge in [0.25, 0.3) is 11.5 Å². The maximum Gasteiger partial charge on any atom is 0.415 e. The number of aliphatic hydroxyl groups is 1. The second kappa shape index (κ2) is 23.0. The topological polar surface area (TPSA) is 229 Å². The van der Waals surface area contributed by atoms with Crippen LogP contribution < -0.4 is 25.2 Å². The summed E-state index contributed by atoms with van der Waals surface area (Å²) in [6.45, 7) is 9.14. The highest BCUT2D eigenvalue weighted by molar-refractivity contribution is 6.31. The van der Waals surface area contributed by atoms with E-state index in [1.54, 1.807) is 41.8 Å².